The van der Waals surface area contributed by atoms with Gasteiger partial charge in [-0.3, -0.25) is 4.98 Å². The molecule has 4 heterocycles. The molecule has 16 aromatic rings. The molecule has 0 fully saturated rings. The van der Waals surface area contributed by atoms with Crippen LogP contribution in [0.4, 0.5) is 0 Å². The SMILES string of the molecule is CC(C)(C)c1cc(-c2[c-]cccc2)[n-]n1.CCCCCOc1cc2c(cc1OCCCCC)C1(c3ccccc3-c3cc(-c4cc[c-]c(-c5nccc6ccccc56)c4)ccc31)c1cc(C)c(C)cc1-2.CCCCCOc1ccc(-c2cc[c-]c(-c3nccc4ccccc34)c2)cc1OCCCCC.[Ir+3].[Ir].[Ir].[c-]1ccccc1-c1ncnc2ccccc12. The van der Waals surface area contributed by atoms with Crippen LogP contribution in [0.25, 0.3) is 122 Å². The van der Waals surface area contributed by atoms with Crippen LogP contribution in [0.2, 0.25) is 0 Å². The summed E-state index contributed by atoms with van der Waals surface area (Å²) in [4.78, 5) is 18.1. The van der Waals surface area contributed by atoms with E-state index in [2.05, 4.69) is 269 Å². The fourth-order valence-corrected chi connectivity index (χ4v) is 16.3. The van der Waals surface area contributed by atoms with Crippen molar-refractivity contribution in [1.29, 1.82) is 0 Å². The van der Waals surface area contributed by atoms with Crippen molar-refractivity contribution in [3.8, 4) is 113 Å². The molecule has 0 saturated heterocycles. The van der Waals surface area contributed by atoms with Gasteiger partial charge in [0, 0.05) is 63.7 Å². The Balaban J connectivity index is 0.000000171. The first-order chi connectivity index (χ1) is 58.8. The zero-order chi connectivity index (χ0) is 82.8. The maximum absolute atomic E-state index is 6.66. The molecule has 123 heavy (non-hydrogen) atoms. The summed E-state index contributed by atoms with van der Waals surface area (Å²) in [6.07, 6.45) is 18.8. The molecule has 2 radical (unpaired) electrons. The van der Waals surface area contributed by atoms with Gasteiger partial charge < -0.3 is 39.1 Å². The van der Waals surface area contributed by atoms with Crippen LogP contribution in [0, 0.1) is 38.1 Å². The first-order valence-electron chi connectivity index (χ1n) is 42.9. The van der Waals surface area contributed by atoms with E-state index in [1.54, 1.807) is 6.33 Å². The van der Waals surface area contributed by atoms with E-state index in [1.807, 2.05) is 116 Å². The molecule has 0 amide bonds. The Morgan fingerprint density at radius 3 is 1.38 bits per heavy atom. The van der Waals surface area contributed by atoms with E-state index >= 15 is 0 Å². The minimum atomic E-state index is -0.488. The average Bonchev–Trinajstić information content (AvgIpc) is 1.50. The van der Waals surface area contributed by atoms with Crippen molar-refractivity contribution in [3.63, 3.8) is 0 Å². The predicted octanol–water partition coefficient (Wildman–Crippen LogP) is 27.9. The molecule has 1 atom stereocenters. The third kappa shape index (κ3) is 20.8. The molecule has 0 saturated carbocycles. The summed E-state index contributed by atoms with van der Waals surface area (Å²) in [6.45, 7) is 22.6. The van der Waals surface area contributed by atoms with Crippen molar-refractivity contribution in [2.24, 2.45) is 0 Å². The molecule has 10 nitrogen and oxygen atoms in total. The number of fused-ring (bicyclic) bond motifs is 13. The minimum absolute atomic E-state index is 0. The molecule has 13 heteroatoms. The van der Waals surface area contributed by atoms with Gasteiger partial charge in [0.15, 0.2) is 23.0 Å². The summed E-state index contributed by atoms with van der Waals surface area (Å²) in [6, 6.07) is 104. The molecule has 1 spiro atoms. The molecular weight excluding hydrogens is 2050 g/mol. The van der Waals surface area contributed by atoms with Crippen molar-refractivity contribution in [2.75, 3.05) is 26.4 Å². The zero-order valence-electron chi connectivity index (χ0n) is 71.7. The van der Waals surface area contributed by atoms with Crippen molar-refractivity contribution in [2.45, 2.75) is 150 Å². The Morgan fingerprint density at radius 1 is 0.350 bits per heavy atom. The van der Waals surface area contributed by atoms with Gasteiger partial charge >= 0.3 is 20.1 Å². The van der Waals surface area contributed by atoms with Gasteiger partial charge in [0.05, 0.1) is 37.4 Å². The molecule has 0 bridgehead atoms. The molecule has 0 N–H and O–H groups in total. The molecule has 1 unspecified atom stereocenters. The van der Waals surface area contributed by atoms with Gasteiger partial charge in [-0.15, -0.1) is 137 Å². The number of nitrogens with zero attached hydrogens (tertiary/aromatic N) is 6. The number of aryl methyl sites for hydroxylation is 2. The van der Waals surface area contributed by atoms with Crippen LogP contribution in [0.1, 0.15) is 165 Å². The Hall–Kier alpha value is -10.8. The number of pyridine rings is 2. The van der Waals surface area contributed by atoms with Crippen molar-refractivity contribution in [1.82, 2.24) is 30.1 Å². The summed E-state index contributed by atoms with van der Waals surface area (Å²) in [5.74, 6) is 3.36. The largest absolute Gasteiger partial charge is 3.00 e. The number of benzene rings is 12. The minimum Gasteiger partial charge on any atom is -0.619 e. The van der Waals surface area contributed by atoms with Gasteiger partial charge in [-0.05, 0) is 199 Å². The summed E-state index contributed by atoms with van der Waals surface area (Å²) >= 11 is 0. The summed E-state index contributed by atoms with van der Waals surface area (Å²) in [5, 5.41) is 14.1. The number of ether oxygens (including phenoxy) is 4. The Labute approximate surface area is 767 Å². The maximum atomic E-state index is 6.66. The van der Waals surface area contributed by atoms with Crippen LogP contribution in [0.3, 0.4) is 0 Å². The second-order valence-corrected chi connectivity index (χ2v) is 32.2. The molecule has 2 aliphatic rings. The van der Waals surface area contributed by atoms with Crippen LogP contribution in [0.5, 0.6) is 23.0 Å². The standard InChI is InChI=1S/C52H48NO2.C31H34NO2.C14H9N2.C13H14N2.3Ir/c1-5-7-13-26-54-49-32-44-42-28-34(3)35(4)29-47(42)52(48(44)33-50(49)55-27-14-8-6-2)45-21-12-11-20-41(45)43-31-38(22-23-46(43)52)37-17-15-18-39(30-37)51-40-19-10-9-16-36(40)24-25-53-51;1-3-5-9-20-33-29-17-16-26(23-30(29)34-21-10-6-4-2)25-13-11-14-27(22-25)31-28-15-8-7-12-24(28)18-19-32-31;1-2-6-11(7-3-1)14-12-8-4-5-9-13(12)15-10-16-14;1-13(2,3)12-9-11(14-15-12)10-7-5-4-6-8-10;;;/h9-12,15-17,19-25,28-33H,5-8,13-14,26-27H2,1-4H3;7-8,11-13,15-19,22-23H,3-6,9-10,20-21H2,1-2H3;1-6,8-10H;4-7,9H,1-3H3;;;/q3*-1;-2;;;+3. The second kappa shape index (κ2) is 43.5. The number of para-hydroxylation sites is 1. The Morgan fingerprint density at radius 2 is 0.805 bits per heavy atom. The van der Waals surface area contributed by atoms with E-state index < -0.39 is 5.41 Å². The molecule has 0 aliphatic heterocycles. The summed E-state index contributed by atoms with van der Waals surface area (Å²) in [7, 11) is 0. The van der Waals surface area contributed by atoms with E-state index in [1.165, 1.54) is 97.7 Å². The monoisotopic (exact) mass is 2150 g/mol. The van der Waals surface area contributed by atoms with Crippen molar-refractivity contribution < 1.29 is 79.3 Å². The smallest absolute Gasteiger partial charge is 0.619 e. The topological polar surface area (TPSA) is 115 Å². The van der Waals surface area contributed by atoms with Crippen LogP contribution >= 0.6 is 0 Å². The zero-order valence-corrected chi connectivity index (χ0v) is 78.9. The summed E-state index contributed by atoms with van der Waals surface area (Å²) < 4.78 is 25.5. The van der Waals surface area contributed by atoms with Crippen LogP contribution in [-0.4, -0.2) is 51.5 Å². The van der Waals surface area contributed by atoms with Gasteiger partial charge in [0.25, 0.3) is 0 Å². The second-order valence-electron chi connectivity index (χ2n) is 32.2. The first kappa shape index (κ1) is 91.4. The first-order valence-corrected chi connectivity index (χ1v) is 42.9. The van der Waals surface area contributed by atoms with Crippen molar-refractivity contribution in [3.05, 3.63) is 343 Å². The van der Waals surface area contributed by atoms with E-state index in [9.17, 15) is 0 Å². The molecule has 18 rings (SSSR count). The molecule has 4 aromatic heterocycles. The summed E-state index contributed by atoms with van der Waals surface area (Å²) in [5.41, 5.74) is 26.7. The van der Waals surface area contributed by atoms with Gasteiger partial charge in [-0.1, -0.05) is 227 Å². The van der Waals surface area contributed by atoms with Gasteiger partial charge in [0.2, 0.25) is 0 Å². The van der Waals surface area contributed by atoms with E-state index in [0.717, 1.165) is 170 Å². The van der Waals surface area contributed by atoms with E-state index in [4.69, 9.17) is 23.9 Å². The normalized spacial score (nSPS) is 12.5. The fourth-order valence-electron chi connectivity index (χ4n) is 16.3. The number of aromatic nitrogens is 6. The Bertz CT molecular complexity index is 6170. The fraction of sp³-hybridized carbons (Fsp3) is 0.245. The average molecular weight is 2150 g/mol. The van der Waals surface area contributed by atoms with Crippen LogP contribution < -0.4 is 24.0 Å². The number of hydrogen-bond acceptors (Lipinski definition) is 9. The number of unbranched alkanes of at least 4 members (excludes halogenated alkanes) is 8. The van der Waals surface area contributed by atoms with Crippen molar-refractivity contribution >= 4 is 32.4 Å². The number of rotatable bonds is 26. The Kier molecular flexibility index (Phi) is 32.3. The number of hydrogen-bond donors (Lipinski definition) is 0. The van der Waals surface area contributed by atoms with Crippen LogP contribution in [-0.2, 0) is 71.1 Å². The van der Waals surface area contributed by atoms with Gasteiger partial charge in [0.1, 0.15) is 6.33 Å². The van der Waals surface area contributed by atoms with Gasteiger partial charge in [-0.25, -0.2) is 10.7 Å². The molecule has 628 valence electrons. The molecule has 2 aliphatic carbocycles. The molecule has 12 aromatic carbocycles. The molecular formula is C110H105Ir3N6O4-2. The van der Waals surface area contributed by atoms with Gasteiger partial charge in [-0.2, -0.15) is 5.56 Å². The quantitative estimate of drug-likeness (QED) is 0.0383. The predicted molar refractivity (Wildman–Crippen MR) is 493 cm³/mol. The van der Waals surface area contributed by atoms with Crippen LogP contribution in [0.15, 0.2) is 280 Å². The third-order valence-corrected chi connectivity index (χ3v) is 22.8. The van der Waals surface area contributed by atoms with E-state index in [0.29, 0.717) is 19.8 Å². The maximum Gasteiger partial charge on any atom is 3.00 e. The van der Waals surface area contributed by atoms with E-state index in [-0.39, 0.29) is 65.7 Å². The third-order valence-electron chi connectivity index (χ3n) is 22.8.